The fourth-order valence-electron chi connectivity index (χ4n) is 3.39. The third-order valence-corrected chi connectivity index (χ3v) is 4.87. The van der Waals surface area contributed by atoms with Crippen molar-refractivity contribution in [3.63, 3.8) is 0 Å². The van der Waals surface area contributed by atoms with Gasteiger partial charge < -0.3 is 14.6 Å². The summed E-state index contributed by atoms with van der Waals surface area (Å²) in [5.74, 6) is 0.901. The number of carbonyl (C=O) groups is 1. The Hall–Kier alpha value is -3.68. The van der Waals surface area contributed by atoms with Gasteiger partial charge in [0.25, 0.3) is 5.56 Å². The highest BCUT2D eigenvalue weighted by Gasteiger charge is 2.13. The quantitative estimate of drug-likeness (QED) is 0.540. The molecule has 0 spiro atoms. The number of carbonyl (C=O) groups excluding carboxylic acids is 1. The molecule has 0 aliphatic carbocycles. The Bertz CT molecular complexity index is 1260. The highest BCUT2D eigenvalue weighted by molar-refractivity contribution is 5.86. The van der Waals surface area contributed by atoms with Crippen molar-refractivity contribution in [3.8, 4) is 5.88 Å². The number of para-hydroxylation sites is 2. The summed E-state index contributed by atoms with van der Waals surface area (Å²) >= 11 is 0. The van der Waals surface area contributed by atoms with Crippen LogP contribution in [-0.2, 0) is 24.8 Å². The standard InChI is InChI=1S/C21H21N5O3/c1-25-17-10-6-5-9-16(17)23-18(25)11-12-22-19(27)13-26-21(28)15-8-4-3-7-14(15)20(24-26)29-2/h3-10H,11-13H2,1-2H3,(H,22,27). The van der Waals surface area contributed by atoms with Crippen LogP contribution < -0.4 is 15.6 Å². The summed E-state index contributed by atoms with van der Waals surface area (Å²) in [5, 5.41) is 8.09. The van der Waals surface area contributed by atoms with Crippen LogP contribution >= 0.6 is 0 Å². The molecule has 148 valence electrons. The summed E-state index contributed by atoms with van der Waals surface area (Å²) in [7, 11) is 3.44. The van der Waals surface area contributed by atoms with Gasteiger partial charge in [0, 0.05) is 20.0 Å². The third kappa shape index (κ3) is 3.56. The summed E-state index contributed by atoms with van der Waals surface area (Å²) in [4.78, 5) is 29.6. The van der Waals surface area contributed by atoms with Crippen molar-refractivity contribution in [1.29, 1.82) is 0 Å². The minimum atomic E-state index is -0.327. The van der Waals surface area contributed by atoms with Crippen molar-refractivity contribution in [2.24, 2.45) is 7.05 Å². The molecule has 1 amide bonds. The molecule has 0 saturated carbocycles. The fraction of sp³-hybridized carbons (Fsp3) is 0.238. The molecule has 0 aliphatic rings. The number of nitrogens with zero attached hydrogens (tertiary/aromatic N) is 4. The van der Waals surface area contributed by atoms with Crippen LogP contribution in [0.5, 0.6) is 5.88 Å². The molecular weight excluding hydrogens is 370 g/mol. The predicted molar refractivity (Wildman–Crippen MR) is 110 cm³/mol. The van der Waals surface area contributed by atoms with Gasteiger partial charge in [-0.15, -0.1) is 5.10 Å². The van der Waals surface area contributed by atoms with Gasteiger partial charge in [-0.2, -0.15) is 0 Å². The van der Waals surface area contributed by atoms with Crippen LogP contribution in [0.3, 0.4) is 0 Å². The number of aryl methyl sites for hydroxylation is 1. The molecule has 0 fully saturated rings. The van der Waals surface area contributed by atoms with Gasteiger partial charge in [0.2, 0.25) is 11.8 Å². The minimum Gasteiger partial charge on any atom is -0.480 e. The van der Waals surface area contributed by atoms with Gasteiger partial charge in [0.1, 0.15) is 12.4 Å². The average Bonchev–Trinajstić information content (AvgIpc) is 3.06. The fourth-order valence-corrected chi connectivity index (χ4v) is 3.39. The van der Waals surface area contributed by atoms with E-state index < -0.39 is 0 Å². The van der Waals surface area contributed by atoms with E-state index in [9.17, 15) is 9.59 Å². The van der Waals surface area contributed by atoms with E-state index in [0.717, 1.165) is 21.5 Å². The monoisotopic (exact) mass is 391 g/mol. The van der Waals surface area contributed by atoms with E-state index in [4.69, 9.17) is 4.74 Å². The van der Waals surface area contributed by atoms with Gasteiger partial charge in [-0.3, -0.25) is 9.59 Å². The lowest BCUT2D eigenvalue weighted by Gasteiger charge is -2.10. The number of fused-ring (bicyclic) bond motifs is 2. The maximum absolute atomic E-state index is 12.6. The van der Waals surface area contributed by atoms with Crippen LogP contribution in [0.4, 0.5) is 0 Å². The first-order valence-corrected chi connectivity index (χ1v) is 9.29. The first-order valence-electron chi connectivity index (χ1n) is 9.29. The second-order valence-corrected chi connectivity index (χ2v) is 6.69. The Balaban J connectivity index is 1.45. The average molecular weight is 391 g/mol. The largest absolute Gasteiger partial charge is 0.480 e. The molecule has 2 aromatic carbocycles. The number of nitrogens with one attached hydrogen (secondary N) is 1. The second-order valence-electron chi connectivity index (χ2n) is 6.69. The Morgan fingerprint density at radius 3 is 2.59 bits per heavy atom. The Kier molecular flexibility index (Phi) is 4.99. The number of hydrogen-bond acceptors (Lipinski definition) is 5. The van der Waals surface area contributed by atoms with Gasteiger partial charge in [-0.05, 0) is 24.3 Å². The molecule has 0 unspecified atom stereocenters. The molecule has 0 atom stereocenters. The first-order chi connectivity index (χ1) is 14.1. The molecule has 4 rings (SSSR count). The molecule has 0 aliphatic heterocycles. The van der Waals surface area contributed by atoms with Crippen molar-refractivity contribution in [2.75, 3.05) is 13.7 Å². The van der Waals surface area contributed by atoms with Crippen molar-refractivity contribution in [3.05, 3.63) is 64.7 Å². The van der Waals surface area contributed by atoms with Gasteiger partial charge in [0.15, 0.2) is 0 Å². The molecule has 8 nitrogen and oxygen atoms in total. The summed E-state index contributed by atoms with van der Waals surface area (Å²) < 4.78 is 8.42. The lowest BCUT2D eigenvalue weighted by atomic mass is 10.2. The molecule has 1 N–H and O–H groups in total. The summed E-state index contributed by atoms with van der Waals surface area (Å²) in [6.07, 6.45) is 0.584. The number of benzene rings is 2. The maximum Gasteiger partial charge on any atom is 0.275 e. The highest BCUT2D eigenvalue weighted by Crippen LogP contribution is 2.19. The maximum atomic E-state index is 12.6. The Morgan fingerprint density at radius 2 is 1.83 bits per heavy atom. The smallest absolute Gasteiger partial charge is 0.275 e. The minimum absolute atomic E-state index is 0.178. The van der Waals surface area contributed by atoms with Gasteiger partial charge in [-0.25, -0.2) is 9.67 Å². The van der Waals surface area contributed by atoms with Crippen LogP contribution in [0.1, 0.15) is 5.82 Å². The molecular formula is C21H21N5O3. The number of methoxy groups -OCH3 is 1. The van der Waals surface area contributed by atoms with E-state index in [-0.39, 0.29) is 18.0 Å². The summed E-state index contributed by atoms with van der Waals surface area (Å²) in [6.45, 7) is 0.234. The second kappa shape index (κ2) is 7.75. The Morgan fingerprint density at radius 1 is 1.10 bits per heavy atom. The van der Waals surface area contributed by atoms with E-state index in [2.05, 4.69) is 15.4 Å². The van der Waals surface area contributed by atoms with E-state index >= 15 is 0 Å². The van der Waals surface area contributed by atoms with Crippen molar-refractivity contribution in [1.82, 2.24) is 24.6 Å². The molecule has 2 aromatic heterocycles. The number of rotatable bonds is 6. The molecule has 0 radical (unpaired) electrons. The first kappa shape index (κ1) is 18.7. The van der Waals surface area contributed by atoms with Crippen LogP contribution in [0, 0.1) is 0 Å². The van der Waals surface area contributed by atoms with Gasteiger partial charge >= 0.3 is 0 Å². The van der Waals surface area contributed by atoms with Crippen LogP contribution in [0.25, 0.3) is 21.8 Å². The topological polar surface area (TPSA) is 91.0 Å². The lowest BCUT2D eigenvalue weighted by Crippen LogP contribution is -2.35. The highest BCUT2D eigenvalue weighted by atomic mass is 16.5. The SMILES string of the molecule is COc1nn(CC(=O)NCCc2nc3ccccc3n2C)c(=O)c2ccccc12. The molecule has 2 heterocycles. The third-order valence-electron chi connectivity index (χ3n) is 4.87. The zero-order valence-corrected chi connectivity index (χ0v) is 16.3. The normalized spacial score (nSPS) is 11.1. The Labute approximate surface area is 166 Å². The number of ether oxygens (including phenoxy) is 1. The number of amides is 1. The van der Waals surface area contributed by atoms with Crippen molar-refractivity contribution < 1.29 is 9.53 Å². The molecule has 29 heavy (non-hydrogen) atoms. The molecule has 4 aromatic rings. The van der Waals surface area contributed by atoms with Crippen LogP contribution in [0.15, 0.2) is 53.3 Å². The summed E-state index contributed by atoms with van der Waals surface area (Å²) in [5.41, 5.74) is 1.65. The number of aromatic nitrogens is 4. The van der Waals surface area contributed by atoms with E-state index in [1.54, 1.807) is 18.2 Å². The van der Waals surface area contributed by atoms with E-state index in [1.165, 1.54) is 7.11 Å². The lowest BCUT2D eigenvalue weighted by molar-refractivity contribution is -0.121. The van der Waals surface area contributed by atoms with Crippen molar-refractivity contribution in [2.45, 2.75) is 13.0 Å². The van der Waals surface area contributed by atoms with Crippen LogP contribution in [0.2, 0.25) is 0 Å². The number of imidazole rings is 1. The zero-order valence-electron chi connectivity index (χ0n) is 16.3. The predicted octanol–water partition coefficient (Wildman–Crippen LogP) is 1.65. The van der Waals surface area contributed by atoms with Gasteiger partial charge in [0.05, 0.1) is 28.9 Å². The zero-order chi connectivity index (χ0) is 20.4. The van der Waals surface area contributed by atoms with E-state index in [1.807, 2.05) is 41.9 Å². The van der Waals surface area contributed by atoms with Gasteiger partial charge in [-0.1, -0.05) is 24.3 Å². The molecule has 8 heteroatoms. The molecule has 0 bridgehead atoms. The number of hydrogen-bond donors (Lipinski definition) is 1. The van der Waals surface area contributed by atoms with Crippen molar-refractivity contribution >= 4 is 27.7 Å². The molecule has 0 saturated heterocycles. The summed E-state index contributed by atoms with van der Waals surface area (Å²) in [6, 6.07) is 14.9. The van der Waals surface area contributed by atoms with Crippen LogP contribution in [-0.4, -0.2) is 38.9 Å². The van der Waals surface area contributed by atoms with E-state index in [0.29, 0.717) is 29.6 Å².